The summed E-state index contributed by atoms with van der Waals surface area (Å²) in [6, 6.07) is 12.7. The third-order valence-corrected chi connectivity index (χ3v) is 2.82. The van der Waals surface area contributed by atoms with Crippen LogP contribution in [-0.4, -0.2) is 17.3 Å². The van der Waals surface area contributed by atoms with Crippen LogP contribution in [0, 0.1) is 0 Å². The van der Waals surface area contributed by atoms with Crippen LogP contribution in [0.25, 0.3) is 6.08 Å². The molecular formula is C16H16O3. The van der Waals surface area contributed by atoms with E-state index in [2.05, 4.69) is 0 Å². The van der Waals surface area contributed by atoms with Crippen molar-refractivity contribution in [1.29, 1.82) is 0 Å². The van der Waals surface area contributed by atoms with Gasteiger partial charge in [0.05, 0.1) is 7.11 Å². The third kappa shape index (κ3) is 3.28. The third-order valence-electron chi connectivity index (χ3n) is 2.82. The van der Waals surface area contributed by atoms with E-state index in [0.29, 0.717) is 17.7 Å². The number of phenolic OH excluding ortho intramolecular Hbond substituents is 2. The van der Waals surface area contributed by atoms with Gasteiger partial charge in [0.15, 0.2) is 0 Å². The summed E-state index contributed by atoms with van der Waals surface area (Å²) in [5, 5.41) is 19.2. The van der Waals surface area contributed by atoms with Crippen LogP contribution in [0.3, 0.4) is 0 Å². The van der Waals surface area contributed by atoms with Gasteiger partial charge in [-0.05, 0) is 12.0 Å². The summed E-state index contributed by atoms with van der Waals surface area (Å²) in [6.07, 6.45) is 4.46. The lowest BCUT2D eigenvalue weighted by atomic mass is 10.1. The number of aromatic hydroxyl groups is 2. The maximum atomic E-state index is 9.83. The summed E-state index contributed by atoms with van der Waals surface area (Å²) in [5.74, 6) is 0.509. The predicted molar refractivity (Wildman–Crippen MR) is 75.5 cm³/mol. The molecule has 98 valence electrons. The molecule has 0 fully saturated rings. The van der Waals surface area contributed by atoms with Crippen LogP contribution in [0.15, 0.2) is 48.5 Å². The molecule has 2 rings (SSSR count). The van der Waals surface area contributed by atoms with E-state index in [1.54, 1.807) is 0 Å². The molecule has 0 saturated carbocycles. The van der Waals surface area contributed by atoms with Crippen molar-refractivity contribution in [1.82, 2.24) is 0 Å². The van der Waals surface area contributed by atoms with Crippen molar-refractivity contribution in [2.24, 2.45) is 0 Å². The Balaban J connectivity index is 2.18. The number of rotatable bonds is 4. The Kier molecular flexibility index (Phi) is 4.08. The molecule has 3 heteroatoms. The first-order valence-corrected chi connectivity index (χ1v) is 6.01. The molecule has 0 bridgehead atoms. The summed E-state index contributed by atoms with van der Waals surface area (Å²) in [4.78, 5) is 0. The predicted octanol–water partition coefficient (Wildman–Crippen LogP) is 3.36. The van der Waals surface area contributed by atoms with Gasteiger partial charge < -0.3 is 14.9 Å². The monoisotopic (exact) mass is 256 g/mol. The number of ether oxygens (including phenoxy) is 1. The van der Waals surface area contributed by atoms with E-state index in [9.17, 15) is 10.2 Å². The molecule has 2 aromatic carbocycles. The highest BCUT2D eigenvalue weighted by Gasteiger charge is 2.09. The topological polar surface area (TPSA) is 49.7 Å². The van der Waals surface area contributed by atoms with Crippen molar-refractivity contribution in [2.75, 3.05) is 7.11 Å². The van der Waals surface area contributed by atoms with Crippen molar-refractivity contribution >= 4 is 6.08 Å². The molecule has 0 spiro atoms. The average molecular weight is 256 g/mol. The highest BCUT2D eigenvalue weighted by Crippen LogP contribution is 2.33. The first kappa shape index (κ1) is 13.0. The molecule has 2 aromatic rings. The highest BCUT2D eigenvalue weighted by molar-refractivity contribution is 5.53. The molecule has 0 saturated heterocycles. The smallest absolute Gasteiger partial charge is 0.129 e. The average Bonchev–Trinajstić information content (AvgIpc) is 2.42. The fourth-order valence-electron chi connectivity index (χ4n) is 1.88. The minimum atomic E-state index is -0.00913. The number of allylic oxidation sites excluding steroid dienone is 1. The second-order valence-corrected chi connectivity index (χ2v) is 4.16. The minimum Gasteiger partial charge on any atom is -0.508 e. The zero-order chi connectivity index (χ0) is 13.7. The van der Waals surface area contributed by atoms with Gasteiger partial charge in [-0.3, -0.25) is 0 Å². The highest BCUT2D eigenvalue weighted by atomic mass is 16.5. The van der Waals surface area contributed by atoms with Gasteiger partial charge in [-0.15, -0.1) is 0 Å². The summed E-state index contributed by atoms with van der Waals surface area (Å²) >= 11 is 0. The fraction of sp³-hybridized carbons (Fsp3) is 0.125. The quantitative estimate of drug-likeness (QED) is 0.881. The van der Waals surface area contributed by atoms with E-state index >= 15 is 0 Å². The summed E-state index contributed by atoms with van der Waals surface area (Å²) in [5.41, 5.74) is 1.76. The second kappa shape index (κ2) is 5.96. The van der Waals surface area contributed by atoms with E-state index in [1.807, 2.05) is 42.5 Å². The van der Waals surface area contributed by atoms with Crippen LogP contribution in [0.2, 0.25) is 0 Å². The van der Waals surface area contributed by atoms with Crippen molar-refractivity contribution in [3.63, 3.8) is 0 Å². The Morgan fingerprint density at radius 2 is 1.84 bits per heavy atom. The van der Waals surface area contributed by atoms with E-state index < -0.39 is 0 Å². The Bertz CT molecular complexity index is 574. The molecule has 0 amide bonds. The SMILES string of the molecule is COc1cc(O)cc(O)c1C/C=C/c1ccccc1. The molecule has 0 unspecified atom stereocenters. The molecule has 0 aliphatic rings. The van der Waals surface area contributed by atoms with Gasteiger partial charge in [0.2, 0.25) is 0 Å². The molecule has 2 N–H and O–H groups in total. The van der Waals surface area contributed by atoms with Crippen molar-refractivity contribution < 1.29 is 14.9 Å². The first-order valence-electron chi connectivity index (χ1n) is 6.01. The second-order valence-electron chi connectivity index (χ2n) is 4.16. The number of hydrogen-bond acceptors (Lipinski definition) is 3. The molecule has 0 radical (unpaired) electrons. The van der Waals surface area contributed by atoms with Gasteiger partial charge in [0.1, 0.15) is 17.2 Å². The largest absolute Gasteiger partial charge is 0.508 e. The molecule has 0 aromatic heterocycles. The lowest BCUT2D eigenvalue weighted by Crippen LogP contribution is -1.91. The lowest BCUT2D eigenvalue weighted by molar-refractivity contribution is 0.392. The maximum absolute atomic E-state index is 9.83. The standard InChI is InChI=1S/C16H16O3/c1-19-16-11-13(17)10-15(18)14(16)9-5-8-12-6-3-2-4-7-12/h2-8,10-11,17-18H,9H2,1H3/b8-5+. The van der Waals surface area contributed by atoms with Crippen LogP contribution < -0.4 is 4.74 Å². The minimum absolute atomic E-state index is 0.00913. The lowest BCUT2D eigenvalue weighted by Gasteiger charge is -2.09. The molecule has 0 heterocycles. The summed E-state index contributed by atoms with van der Waals surface area (Å²) < 4.78 is 5.16. The van der Waals surface area contributed by atoms with E-state index in [1.165, 1.54) is 19.2 Å². The van der Waals surface area contributed by atoms with E-state index in [-0.39, 0.29) is 11.5 Å². The molecule has 0 aliphatic heterocycles. The molecule has 19 heavy (non-hydrogen) atoms. The van der Waals surface area contributed by atoms with Gasteiger partial charge in [0, 0.05) is 17.7 Å². The van der Waals surface area contributed by atoms with E-state index in [4.69, 9.17) is 4.74 Å². The molecule has 0 aliphatic carbocycles. The normalized spacial score (nSPS) is 10.8. The van der Waals surface area contributed by atoms with Crippen LogP contribution in [0.4, 0.5) is 0 Å². The zero-order valence-electron chi connectivity index (χ0n) is 10.7. The zero-order valence-corrected chi connectivity index (χ0v) is 10.7. The van der Waals surface area contributed by atoms with Gasteiger partial charge in [-0.1, -0.05) is 42.5 Å². The number of benzene rings is 2. The fourth-order valence-corrected chi connectivity index (χ4v) is 1.88. The summed E-state index contributed by atoms with van der Waals surface area (Å²) in [6.45, 7) is 0. The summed E-state index contributed by atoms with van der Waals surface area (Å²) in [7, 11) is 1.51. The van der Waals surface area contributed by atoms with Crippen LogP contribution in [0.5, 0.6) is 17.2 Å². The van der Waals surface area contributed by atoms with Crippen molar-refractivity contribution in [3.8, 4) is 17.2 Å². The first-order chi connectivity index (χ1) is 9.20. The van der Waals surface area contributed by atoms with Gasteiger partial charge in [-0.25, -0.2) is 0 Å². The van der Waals surface area contributed by atoms with Gasteiger partial charge in [0.25, 0.3) is 0 Å². The van der Waals surface area contributed by atoms with E-state index in [0.717, 1.165) is 5.56 Å². The van der Waals surface area contributed by atoms with Crippen molar-refractivity contribution in [3.05, 3.63) is 59.7 Å². The van der Waals surface area contributed by atoms with Crippen molar-refractivity contribution in [2.45, 2.75) is 6.42 Å². The Hall–Kier alpha value is -2.42. The Morgan fingerprint density at radius 3 is 2.53 bits per heavy atom. The Labute approximate surface area is 112 Å². The van der Waals surface area contributed by atoms with Crippen LogP contribution >= 0.6 is 0 Å². The number of hydrogen-bond donors (Lipinski definition) is 2. The molecular weight excluding hydrogens is 240 g/mol. The number of phenols is 2. The number of methoxy groups -OCH3 is 1. The van der Waals surface area contributed by atoms with Gasteiger partial charge in [-0.2, -0.15) is 0 Å². The Morgan fingerprint density at radius 1 is 1.11 bits per heavy atom. The van der Waals surface area contributed by atoms with Gasteiger partial charge >= 0.3 is 0 Å². The molecule has 0 atom stereocenters. The molecule has 3 nitrogen and oxygen atoms in total. The van der Waals surface area contributed by atoms with Crippen LogP contribution in [0.1, 0.15) is 11.1 Å². The van der Waals surface area contributed by atoms with Crippen LogP contribution in [-0.2, 0) is 6.42 Å². The maximum Gasteiger partial charge on any atom is 0.129 e.